The number of carbonyl (C=O) groups excluding carboxylic acids is 1. The Balaban J connectivity index is 0.000000379. The third kappa shape index (κ3) is 6.89. The van der Waals surface area contributed by atoms with Crippen LogP contribution in [0.3, 0.4) is 0 Å². The second-order valence-corrected chi connectivity index (χ2v) is 12.7. The second kappa shape index (κ2) is 14.1. The summed E-state index contributed by atoms with van der Waals surface area (Å²) in [5.41, 5.74) is 4.19. The number of carboxylic acid groups (broad SMARTS) is 2. The summed E-state index contributed by atoms with van der Waals surface area (Å²) in [6, 6.07) is 5.68. The standard InChI is InChI=1S/C29H30F2N6O3.C4H6O6/c1-2-15-7-25(38)20(30)8-19(15)16-5-21(31)27-23(6-16)34-35-28(27)29-32-22-3-4-37(11-24(22)33-29)26(39)12-36-9-17-13-40-14-18(17)10-36;5-1(3(7)8)2(6)4(9)10/h5-8,17-18,38H,2-4,9-14H2,1H3,(H,32,33)(H,34,35);1-2,5-6H,(H,7,8)(H,9,10)/t17-,18+;. The molecule has 4 atom stereocenters. The van der Waals surface area contributed by atoms with E-state index >= 15 is 4.39 Å². The van der Waals surface area contributed by atoms with Crippen LogP contribution in [0.25, 0.3) is 33.5 Å². The molecule has 2 aromatic heterocycles. The number of aliphatic carboxylic acids is 2. The molecule has 0 bridgehead atoms. The van der Waals surface area contributed by atoms with Gasteiger partial charge in [0.05, 0.1) is 48.6 Å². The Morgan fingerprint density at radius 2 is 1.70 bits per heavy atom. The molecular weight excluding hydrogens is 662 g/mol. The van der Waals surface area contributed by atoms with Gasteiger partial charge in [-0.1, -0.05) is 6.92 Å². The van der Waals surface area contributed by atoms with Crippen molar-refractivity contribution in [3.8, 4) is 28.4 Å². The van der Waals surface area contributed by atoms with Crippen LogP contribution in [0.2, 0.25) is 0 Å². The van der Waals surface area contributed by atoms with Crippen molar-refractivity contribution in [2.75, 3.05) is 39.4 Å². The fourth-order valence-corrected chi connectivity index (χ4v) is 6.69. The first-order valence-corrected chi connectivity index (χ1v) is 16.0. The number of likely N-dealkylation sites (tertiary alicyclic amines) is 1. The van der Waals surface area contributed by atoms with Crippen LogP contribution in [0.1, 0.15) is 23.9 Å². The Morgan fingerprint density at radius 1 is 1.02 bits per heavy atom. The van der Waals surface area contributed by atoms with E-state index in [1.807, 2.05) is 11.8 Å². The molecule has 15 nitrogen and oxygen atoms in total. The Labute approximate surface area is 283 Å². The number of fused-ring (bicyclic) bond motifs is 3. The number of carbonyl (C=O) groups is 3. The smallest absolute Gasteiger partial charge is 0.335 e. The summed E-state index contributed by atoms with van der Waals surface area (Å²) in [6.45, 7) is 6.70. The summed E-state index contributed by atoms with van der Waals surface area (Å²) in [5, 5.41) is 49.8. The number of aromatic hydroxyl groups is 1. The van der Waals surface area contributed by atoms with Crippen molar-refractivity contribution >= 4 is 28.7 Å². The third-order valence-corrected chi connectivity index (χ3v) is 9.37. The number of imidazole rings is 1. The predicted molar refractivity (Wildman–Crippen MR) is 171 cm³/mol. The lowest BCUT2D eigenvalue weighted by Crippen LogP contribution is -2.42. The number of ether oxygens (including phenoxy) is 1. The number of amides is 1. The van der Waals surface area contributed by atoms with E-state index in [-0.39, 0.29) is 11.3 Å². The number of phenolic OH excluding ortho intramolecular Hbond substituents is 1. The minimum Gasteiger partial charge on any atom is -0.505 e. The number of aryl methyl sites for hydroxylation is 1. The molecule has 0 aliphatic carbocycles. The number of rotatable bonds is 8. The molecule has 0 radical (unpaired) electrons. The number of aliphatic hydroxyl groups is 2. The quantitative estimate of drug-likeness (QED) is 0.139. The van der Waals surface area contributed by atoms with Gasteiger partial charge in [0, 0.05) is 37.9 Å². The normalized spacial score (nSPS) is 19.8. The van der Waals surface area contributed by atoms with Crippen LogP contribution in [0.15, 0.2) is 24.3 Å². The highest BCUT2D eigenvalue weighted by Crippen LogP contribution is 2.36. The number of nitrogens with one attached hydrogen (secondary N) is 2. The number of phenols is 1. The van der Waals surface area contributed by atoms with Crippen LogP contribution in [0.5, 0.6) is 5.75 Å². The van der Waals surface area contributed by atoms with Gasteiger partial charge in [-0.2, -0.15) is 5.10 Å². The monoisotopic (exact) mass is 698 g/mol. The predicted octanol–water partition coefficient (Wildman–Crippen LogP) is 1.51. The van der Waals surface area contributed by atoms with Crippen molar-refractivity contribution in [1.82, 2.24) is 30.0 Å². The van der Waals surface area contributed by atoms with Crippen LogP contribution in [0.4, 0.5) is 8.78 Å². The van der Waals surface area contributed by atoms with Crippen molar-refractivity contribution in [1.29, 1.82) is 0 Å². The molecule has 266 valence electrons. The summed E-state index contributed by atoms with van der Waals surface area (Å²) in [6.07, 6.45) is -3.38. The van der Waals surface area contributed by atoms with Gasteiger partial charge in [-0.3, -0.25) is 14.8 Å². The first kappa shape index (κ1) is 34.9. The number of hydrogen-bond donors (Lipinski definition) is 7. The second-order valence-electron chi connectivity index (χ2n) is 12.7. The van der Waals surface area contributed by atoms with Crippen molar-refractivity contribution in [2.45, 2.75) is 38.5 Å². The van der Waals surface area contributed by atoms with E-state index < -0.39 is 41.5 Å². The molecule has 2 unspecified atom stereocenters. The van der Waals surface area contributed by atoms with Gasteiger partial charge in [0.15, 0.2) is 29.6 Å². The lowest BCUT2D eigenvalue weighted by Gasteiger charge is -2.28. The fraction of sp³-hybridized carbons (Fsp3) is 0.424. The molecule has 0 saturated carbocycles. The maximum atomic E-state index is 15.5. The van der Waals surface area contributed by atoms with Gasteiger partial charge < -0.3 is 40.2 Å². The number of aromatic amines is 2. The Morgan fingerprint density at radius 3 is 2.34 bits per heavy atom. The molecule has 5 heterocycles. The number of hydrogen-bond acceptors (Lipinski definition) is 10. The highest BCUT2D eigenvalue weighted by Gasteiger charge is 2.38. The first-order chi connectivity index (χ1) is 23.8. The lowest BCUT2D eigenvalue weighted by molar-refractivity contribution is -0.165. The average Bonchev–Trinajstić information content (AvgIpc) is 3.88. The van der Waals surface area contributed by atoms with E-state index in [9.17, 15) is 23.9 Å². The molecule has 3 aliphatic heterocycles. The first-order valence-electron chi connectivity index (χ1n) is 16.0. The molecule has 0 spiro atoms. The molecule has 2 aromatic carbocycles. The number of H-pyrrole nitrogens is 2. The highest BCUT2D eigenvalue weighted by molar-refractivity contribution is 5.95. The van der Waals surface area contributed by atoms with Crippen LogP contribution < -0.4 is 0 Å². The Hall–Kier alpha value is -4.97. The molecule has 50 heavy (non-hydrogen) atoms. The molecule has 2 fully saturated rings. The molecule has 17 heteroatoms. The minimum atomic E-state index is -2.27. The molecular formula is C33H36F2N6O9. The van der Waals surface area contributed by atoms with Crippen molar-refractivity contribution in [3.63, 3.8) is 0 Å². The number of benzene rings is 2. The van der Waals surface area contributed by atoms with E-state index in [1.54, 1.807) is 6.07 Å². The zero-order valence-corrected chi connectivity index (χ0v) is 26.9. The Bertz CT molecular complexity index is 1920. The summed E-state index contributed by atoms with van der Waals surface area (Å²) < 4.78 is 35.2. The van der Waals surface area contributed by atoms with Gasteiger partial charge >= 0.3 is 11.9 Å². The van der Waals surface area contributed by atoms with Gasteiger partial charge in [-0.15, -0.1) is 0 Å². The molecule has 7 rings (SSSR count). The van der Waals surface area contributed by atoms with E-state index in [0.29, 0.717) is 78.0 Å². The Kier molecular flexibility index (Phi) is 9.84. The zero-order chi connectivity index (χ0) is 35.9. The van der Waals surface area contributed by atoms with Gasteiger partial charge in [-0.25, -0.2) is 23.4 Å². The highest BCUT2D eigenvalue weighted by atomic mass is 19.1. The van der Waals surface area contributed by atoms with Gasteiger partial charge in [-0.05, 0) is 47.4 Å². The number of nitrogens with zero attached hydrogens (tertiary/aromatic N) is 4. The lowest BCUT2D eigenvalue weighted by atomic mass is 9.96. The molecule has 7 N–H and O–H groups in total. The maximum absolute atomic E-state index is 15.5. The van der Waals surface area contributed by atoms with Gasteiger partial charge in [0.2, 0.25) is 5.91 Å². The van der Waals surface area contributed by atoms with E-state index in [2.05, 4.69) is 20.1 Å². The van der Waals surface area contributed by atoms with Gasteiger partial charge in [0.1, 0.15) is 11.5 Å². The SMILES string of the molecule is CCc1cc(O)c(F)cc1-c1cc(F)c2c(-c3nc4c([nH]3)CN(C(=O)CN3C[C@H]5COC[C@H]5C3)CC4)n[nH]c2c1.O=C(O)C(O)C(O)C(=O)O. The summed E-state index contributed by atoms with van der Waals surface area (Å²) in [7, 11) is 0. The fourth-order valence-electron chi connectivity index (χ4n) is 6.69. The van der Waals surface area contributed by atoms with Crippen LogP contribution in [-0.4, -0.2) is 125 Å². The van der Waals surface area contributed by atoms with Crippen LogP contribution in [0, 0.1) is 23.5 Å². The largest absolute Gasteiger partial charge is 0.505 e. The third-order valence-electron chi connectivity index (χ3n) is 9.37. The number of aliphatic hydroxyl groups excluding tert-OH is 2. The topological polar surface area (TPSA) is 225 Å². The van der Waals surface area contributed by atoms with Gasteiger partial charge in [0.25, 0.3) is 0 Å². The summed E-state index contributed by atoms with van der Waals surface area (Å²) in [5.74, 6) is -3.63. The molecule has 2 saturated heterocycles. The minimum absolute atomic E-state index is 0.101. The average molecular weight is 699 g/mol. The number of aromatic nitrogens is 4. The van der Waals surface area contributed by atoms with Crippen molar-refractivity contribution < 1.29 is 53.4 Å². The van der Waals surface area contributed by atoms with Crippen molar-refractivity contribution in [2.24, 2.45) is 11.8 Å². The van der Waals surface area contributed by atoms with E-state index in [4.69, 9.17) is 30.1 Å². The summed E-state index contributed by atoms with van der Waals surface area (Å²) >= 11 is 0. The van der Waals surface area contributed by atoms with Crippen molar-refractivity contribution in [3.05, 3.63) is 52.9 Å². The maximum Gasteiger partial charge on any atom is 0.335 e. The van der Waals surface area contributed by atoms with E-state index in [0.717, 1.165) is 37.7 Å². The molecule has 1 amide bonds. The summed E-state index contributed by atoms with van der Waals surface area (Å²) in [4.78, 5) is 44.7. The van der Waals surface area contributed by atoms with E-state index in [1.165, 1.54) is 18.2 Å². The molecule has 4 aromatic rings. The number of halogens is 2. The van der Waals surface area contributed by atoms with Crippen LogP contribution in [-0.2, 0) is 38.5 Å². The zero-order valence-electron chi connectivity index (χ0n) is 26.9. The number of carboxylic acids is 2. The van der Waals surface area contributed by atoms with Crippen LogP contribution >= 0.6 is 0 Å². The molecule has 3 aliphatic rings.